The maximum absolute atomic E-state index is 13.8. The highest BCUT2D eigenvalue weighted by molar-refractivity contribution is 5.94. The first-order valence-electron chi connectivity index (χ1n) is 8.59. The lowest BCUT2D eigenvalue weighted by atomic mass is 10.0. The van der Waals surface area contributed by atoms with Gasteiger partial charge in [-0.1, -0.05) is 12.1 Å². The van der Waals surface area contributed by atoms with E-state index in [0.29, 0.717) is 11.1 Å². The van der Waals surface area contributed by atoms with Crippen molar-refractivity contribution in [2.75, 3.05) is 7.05 Å². The van der Waals surface area contributed by atoms with Gasteiger partial charge in [-0.05, 0) is 42.1 Å². The lowest BCUT2D eigenvalue weighted by molar-refractivity contribution is 0.0732. The van der Waals surface area contributed by atoms with Crippen LogP contribution in [0.25, 0.3) is 21.8 Å². The van der Waals surface area contributed by atoms with Gasteiger partial charge in [0.15, 0.2) is 17.5 Å². The second-order valence-electron chi connectivity index (χ2n) is 6.58. The molecule has 4 rings (SSSR count). The van der Waals surface area contributed by atoms with Gasteiger partial charge in [0.1, 0.15) is 0 Å². The molecule has 2 aromatic heterocycles. The molecule has 1 amide bonds. The average Bonchev–Trinajstić information content (AvgIpc) is 3.12. The van der Waals surface area contributed by atoms with Gasteiger partial charge in [0.05, 0.1) is 22.5 Å². The van der Waals surface area contributed by atoms with Crippen molar-refractivity contribution in [2.45, 2.75) is 13.0 Å². The molecular weight excluding hydrogens is 366 g/mol. The smallest absolute Gasteiger partial charge is 0.289 e. The number of amides is 1. The van der Waals surface area contributed by atoms with Crippen LogP contribution >= 0.6 is 0 Å². The van der Waals surface area contributed by atoms with Crippen LogP contribution in [0.15, 0.2) is 47.4 Å². The molecule has 8 heteroatoms. The summed E-state index contributed by atoms with van der Waals surface area (Å²) in [5, 5.41) is 0.271. The molecule has 1 atom stereocenters. The number of imidazole rings is 1. The van der Waals surface area contributed by atoms with E-state index in [0.717, 1.165) is 17.6 Å². The maximum Gasteiger partial charge on any atom is 0.289 e. The summed E-state index contributed by atoms with van der Waals surface area (Å²) in [4.78, 5) is 36.1. The second kappa shape index (κ2) is 6.56. The third-order valence-corrected chi connectivity index (χ3v) is 4.92. The van der Waals surface area contributed by atoms with Crippen molar-refractivity contribution in [3.8, 4) is 0 Å². The maximum atomic E-state index is 13.8. The molecule has 0 saturated carbocycles. The van der Waals surface area contributed by atoms with Gasteiger partial charge in [-0.2, -0.15) is 0 Å². The van der Waals surface area contributed by atoms with E-state index >= 15 is 0 Å². The molecule has 2 aromatic carbocycles. The van der Waals surface area contributed by atoms with Gasteiger partial charge in [0.25, 0.3) is 11.5 Å². The number of benzene rings is 2. The number of para-hydroxylation sites is 2. The predicted molar refractivity (Wildman–Crippen MR) is 101 cm³/mol. The molecule has 0 saturated heterocycles. The van der Waals surface area contributed by atoms with E-state index < -0.39 is 23.2 Å². The molecule has 28 heavy (non-hydrogen) atoms. The Bertz CT molecular complexity index is 1250. The Morgan fingerprint density at radius 3 is 2.54 bits per heavy atom. The molecule has 2 N–H and O–H groups in total. The highest BCUT2D eigenvalue weighted by Gasteiger charge is 2.24. The average molecular weight is 382 g/mol. The van der Waals surface area contributed by atoms with Gasteiger partial charge in [0, 0.05) is 13.2 Å². The number of pyridine rings is 1. The number of fused-ring (bicyclic) bond motifs is 2. The lowest BCUT2D eigenvalue weighted by Crippen LogP contribution is -2.31. The second-order valence-corrected chi connectivity index (χ2v) is 6.58. The summed E-state index contributed by atoms with van der Waals surface area (Å²) in [7, 11) is 1.58. The fourth-order valence-electron chi connectivity index (χ4n) is 3.22. The van der Waals surface area contributed by atoms with Gasteiger partial charge in [0.2, 0.25) is 0 Å². The number of halogens is 2. The molecule has 6 nitrogen and oxygen atoms in total. The molecule has 2 heterocycles. The number of nitrogens with zero attached hydrogens (tertiary/aromatic N) is 2. The molecule has 0 aliphatic heterocycles. The van der Waals surface area contributed by atoms with Crippen molar-refractivity contribution >= 4 is 27.7 Å². The minimum Gasteiger partial charge on any atom is -0.334 e. The number of nitrogens with one attached hydrogen (secondary N) is 2. The van der Waals surface area contributed by atoms with Gasteiger partial charge < -0.3 is 14.9 Å². The van der Waals surface area contributed by atoms with E-state index in [1.807, 2.05) is 18.2 Å². The van der Waals surface area contributed by atoms with Crippen LogP contribution in [-0.2, 0) is 0 Å². The van der Waals surface area contributed by atoms with Gasteiger partial charge in [-0.3, -0.25) is 9.59 Å². The summed E-state index contributed by atoms with van der Waals surface area (Å²) in [5.41, 5.74) is 1.36. The quantitative estimate of drug-likeness (QED) is 0.569. The fraction of sp³-hybridized carbons (Fsp3) is 0.150. The Morgan fingerprint density at radius 1 is 1.14 bits per heavy atom. The van der Waals surface area contributed by atoms with Crippen LogP contribution in [0.5, 0.6) is 0 Å². The van der Waals surface area contributed by atoms with Crippen LogP contribution in [-0.4, -0.2) is 32.8 Å². The summed E-state index contributed by atoms with van der Waals surface area (Å²) in [6, 6.07) is 8.57. The molecule has 0 bridgehead atoms. The number of carbonyl (C=O) groups is 1. The van der Waals surface area contributed by atoms with Crippen molar-refractivity contribution < 1.29 is 13.6 Å². The zero-order valence-electron chi connectivity index (χ0n) is 15.1. The zero-order chi connectivity index (χ0) is 20.0. The summed E-state index contributed by atoms with van der Waals surface area (Å²) >= 11 is 0. The zero-order valence-corrected chi connectivity index (χ0v) is 15.1. The first-order chi connectivity index (χ1) is 13.4. The number of rotatable bonds is 3. The number of hydrogen-bond acceptors (Lipinski definition) is 3. The summed E-state index contributed by atoms with van der Waals surface area (Å²) in [6.07, 6.45) is 1.41. The van der Waals surface area contributed by atoms with Crippen molar-refractivity contribution in [3.63, 3.8) is 0 Å². The summed E-state index contributed by atoms with van der Waals surface area (Å²) < 4.78 is 27.4. The fourth-order valence-corrected chi connectivity index (χ4v) is 3.22. The summed E-state index contributed by atoms with van der Waals surface area (Å²) in [6.45, 7) is 1.73. The first-order valence-corrected chi connectivity index (χ1v) is 8.59. The van der Waals surface area contributed by atoms with E-state index in [4.69, 9.17) is 0 Å². The minimum absolute atomic E-state index is 0.0211. The predicted octanol–water partition coefficient (Wildman–Crippen LogP) is 3.52. The Hall–Kier alpha value is -3.55. The Morgan fingerprint density at radius 2 is 1.82 bits per heavy atom. The number of aromatic nitrogens is 3. The third kappa shape index (κ3) is 2.83. The largest absolute Gasteiger partial charge is 0.334 e. The van der Waals surface area contributed by atoms with Crippen LogP contribution in [0.2, 0.25) is 0 Å². The number of hydrogen-bond donors (Lipinski definition) is 2. The van der Waals surface area contributed by atoms with Crippen LogP contribution < -0.4 is 5.56 Å². The first kappa shape index (κ1) is 17.8. The van der Waals surface area contributed by atoms with Crippen molar-refractivity contribution in [3.05, 3.63) is 76.0 Å². The molecule has 0 aliphatic carbocycles. The number of carbonyl (C=O) groups excluding carboxylic acids is 1. The van der Waals surface area contributed by atoms with E-state index in [9.17, 15) is 18.4 Å². The Labute approximate surface area is 157 Å². The monoisotopic (exact) mass is 382 g/mol. The molecule has 4 aromatic rings. The molecule has 0 fully saturated rings. The lowest BCUT2D eigenvalue weighted by Gasteiger charge is -2.25. The van der Waals surface area contributed by atoms with Crippen LogP contribution in [0.3, 0.4) is 0 Å². The summed E-state index contributed by atoms with van der Waals surface area (Å²) in [5.74, 6) is -2.36. The molecule has 142 valence electrons. The van der Waals surface area contributed by atoms with Gasteiger partial charge in [-0.15, -0.1) is 0 Å². The van der Waals surface area contributed by atoms with Crippen molar-refractivity contribution in [1.29, 1.82) is 0 Å². The van der Waals surface area contributed by atoms with E-state index in [2.05, 4.69) is 15.0 Å². The topological polar surface area (TPSA) is 81.8 Å². The van der Waals surface area contributed by atoms with Crippen LogP contribution in [0.4, 0.5) is 8.78 Å². The highest BCUT2D eigenvalue weighted by Crippen LogP contribution is 2.27. The standard InChI is InChI=1S/C20H16F2N4O2/c1-10(13-9-23-19(27)12-8-15(22)14(21)7-11(12)13)26(2)20(28)18-24-16-5-3-4-6-17(16)25-18/h3-10H,1-2H3,(H,23,27)(H,24,25)/t10-/m0/s1. The van der Waals surface area contributed by atoms with E-state index in [1.54, 1.807) is 20.0 Å². The molecule has 0 aliphatic rings. The van der Waals surface area contributed by atoms with E-state index in [1.165, 1.54) is 11.1 Å². The number of aromatic amines is 2. The highest BCUT2D eigenvalue weighted by atomic mass is 19.2. The molecule has 0 radical (unpaired) electrons. The molecule has 0 unspecified atom stereocenters. The number of H-pyrrole nitrogens is 2. The Kier molecular flexibility index (Phi) is 4.18. The third-order valence-electron chi connectivity index (χ3n) is 4.92. The molecule has 0 spiro atoms. The van der Waals surface area contributed by atoms with Crippen LogP contribution in [0, 0.1) is 11.6 Å². The molecular formula is C20H16F2N4O2. The van der Waals surface area contributed by atoms with Crippen molar-refractivity contribution in [1.82, 2.24) is 19.9 Å². The van der Waals surface area contributed by atoms with Gasteiger partial charge in [-0.25, -0.2) is 13.8 Å². The van der Waals surface area contributed by atoms with Crippen molar-refractivity contribution in [2.24, 2.45) is 0 Å². The Balaban J connectivity index is 1.75. The SMILES string of the molecule is C[C@@H](c1c[nH]c(=O)c2cc(F)c(F)cc12)N(C)C(=O)c1nc2ccccc2[nH]1. The van der Waals surface area contributed by atoms with E-state index in [-0.39, 0.29) is 22.5 Å². The normalized spacial score (nSPS) is 12.4. The van der Waals surface area contributed by atoms with Crippen LogP contribution in [0.1, 0.15) is 29.1 Å². The van der Waals surface area contributed by atoms with Gasteiger partial charge >= 0.3 is 0 Å². The minimum atomic E-state index is -1.10.